The van der Waals surface area contributed by atoms with Gasteiger partial charge in [0.25, 0.3) is 0 Å². The second-order valence-corrected chi connectivity index (χ2v) is 34.0. The van der Waals surface area contributed by atoms with Gasteiger partial charge in [-0.3, -0.25) is 23.7 Å². The third-order valence-corrected chi connectivity index (χ3v) is 29.2. The third kappa shape index (κ3) is 21.8. The largest absolute Gasteiger partial charge is 1.00 e. The zero-order chi connectivity index (χ0) is 64.5. The Morgan fingerprint density at radius 3 is 0.510 bits per heavy atom. The molecule has 0 atom stereocenters. The molecular formula is C90H76Au4P4+4. The van der Waals surface area contributed by atoms with Crippen molar-refractivity contribution >= 4 is 74.1 Å². The fraction of sp³-hybridized carbons (Fsp3) is 0.111. The van der Waals surface area contributed by atoms with E-state index in [1.807, 2.05) is 48.5 Å². The number of unbranched alkanes of at least 4 members (excludes halogenated alkanes) is 2. The van der Waals surface area contributed by atoms with Gasteiger partial charge in [-0.2, -0.15) is 0 Å². The minimum absolute atomic E-state index is 0. The quantitative estimate of drug-likeness (QED) is 0.0264. The smallest absolute Gasteiger partial charge is 0.366 e. The van der Waals surface area contributed by atoms with Gasteiger partial charge in [-0.25, -0.2) is 0 Å². The van der Waals surface area contributed by atoms with Gasteiger partial charge in [0, 0.05) is 0 Å². The van der Waals surface area contributed by atoms with E-state index in [0.717, 1.165) is 57.3 Å². The predicted octanol–water partition coefficient (Wildman–Crippen LogP) is 17.3. The van der Waals surface area contributed by atoms with Crippen LogP contribution in [0.1, 0.15) is 70.2 Å². The van der Waals surface area contributed by atoms with E-state index in [-0.39, 0.29) is 89.5 Å². The molecule has 0 amide bonds. The summed E-state index contributed by atoms with van der Waals surface area (Å²) in [6, 6.07) is 113. The molecule has 0 bridgehead atoms. The van der Waals surface area contributed by atoms with Crippen LogP contribution in [0, 0.1) is 49.4 Å². The minimum atomic E-state index is -0.714. The molecular weight excluding hydrogens is 1990 g/mol. The van der Waals surface area contributed by atoms with E-state index in [1.165, 1.54) is 115 Å². The summed E-state index contributed by atoms with van der Waals surface area (Å²) < 4.78 is 0. The molecule has 0 spiro atoms. The topological polar surface area (TPSA) is 0 Å². The first kappa shape index (κ1) is 78.9. The Morgan fingerprint density at radius 2 is 0.367 bits per heavy atom. The molecule has 0 nitrogen and oxygen atoms in total. The average Bonchev–Trinajstić information content (AvgIpc) is 1.64. The third-order valence-electron chi connectivity index (χ3n) is 17.5. The SMILES string of the molecule is [Au+].[Au+].[Au+].[Au+].[C-]#Cc1ccc2c(c1)-c1cc(C#[C-])ccc1C2.[C-]#Cc1ccc2c(c1)-c1cc(C#[C-])ccc1C2.c1ccc([PH+](CCCC[PH+](c2ccccc2)c2ccccc2)c2ccccc2)cc1.c1ccc([PH+](CCCC[PH+](c2ccccc2)c2ccccc2)c2ccccc2)cc1. The first-order valence-corrected chi connectivity index (χ1v) is 39.4. The molecule has 0 saturated carbocycles. The molecule has 0 heterocycles. The predicted molar refractivity (Wildman–Crippen MR) is 414 cm³/mol. The number of hydrogen-bond donors (Lipinski definition) is 0. The van der Waals surface area contributed by atoms with Crippen LogP contribution in [0.3, 0.4) is 0 Å². The van der Waals surface area contributed by atoms with Gasteiger partial charge in [0.05, 0.1) is 98.8 Å². The summed E-state index contributed by atoms with van der Waals surface area (Å²) in [5.41, 5.74) is 12.9. The molecule has 12 aromatic carbocycles. The van der Waals surface area contributed by atoms with E-state index in [0.29, 0.717) is 0 Å². The molecule has 0 N–H and O–H groups in total. The van der Waals surface area contributed by atoms with Crippen LogP contribution in [0.4, 0.5) is 0 Å². The van der Waals surface area contributed by atoms with Crippen LogP contribution in [0.5, 0.6) is 0 Å². The van der Waals surface area contributed by atoms with Gasteiger partial charge in [0.1, 0.15) is 0 Å². The molecule has 496 valence electrons. The number of hydrogen-bond acceptors (Lipinski definition) is 0. The normalized spacial score (nSPS) is 10.7. The van der Waals surface area contributed by atoms with Crippen molar-refractivity contribution in [2.45, 2.75) is 38.5 Å². The van der Waals surface area contributed by atoms with Crippen LogP contribution in [0.2, 0.25) is 0 Å². The Morgan fingerprint density at radius 1 is 0.214 bits per heavy atom. The summed E-state index contributed by atoms with van der Waals surface area (Å²) in [6.45, 7) is 0. The van der Waals surface area contributed by atoms with Gasteiger partial charge in [-0.15, -0.1) is 70.8 Å². The summed E-state index contributed by atoms with van der Waals surface area (Å²) in [6.07, 6.45) is 41.0. The Labute approximate surface area is 651 Å². The maximum absolute atomic E-state index is 7.18. The van der Waals surface area contributed by atoms with Gasteiger partial charge >= 0.3 is 89.5 Å². The van der Waals surface area contributed by atoms with E-state index in [9.17, 15) is 0 Å². The van der Waals surface area contributed by atoms with E-state index < -0.39 is 31.7 Å². The fourth-order valence-corrected chi connectivity index (χ4v) is 23.6. The summed E-state index contributed by atoms with van der Waals surface area (Å²) in [5, 5.41) is 12.3. The van der Waals surface area contributed by atoms with Crippen LogP contribution >= 0.6 is 31.7 Å². The Balaban J connectivity index is 0.000000187. The van der Waals surface area contributed by atoms with Crippen LogP contribution in [0.25, 0.3) is 22.3 Å². The standard InChI is InChI=1S/2C28H28P2.2C17H8.4Au/c2*1-5-15-25(16-6-1)29(26-17-7-2-8-18-26)23-13-14-24-30(27-19-9-3-10-20-27)28-21-11-4-12-22-28;2*1-3-12-5-7-14-11-15-8-6-13(4-2)10-17(15)16(14)9-12;;;;/h2*1-12,15-22H,13-14,23-24H2;2*5-10H,11H2;;;;/q;;2*-2;4*+1/p+4. The van der Waals surface area contributed by atoms with E-state index in [4.69, 9.17) is 25.7 Å². The van der Waals surface area contributed by atoms with Gasteiger partial charge in [-0.05, 0) is 180 Å². The molecule has 2 aliphatic rings. The van der Waals surface area contributed by atoms with Crippen LogP contribution < -0.4 is 42.4 Å². The number of fused-ring (bicyclic) bond motifs is 6. The van der Waals surface area contributed by atoms with Gasteiger partial charge in [-0.1, -0.05) is 170 Å². The summed E-state index contributed by atoms with van der Waals surface area (Å²) in [4.78, 5) is 0. The molecule has 0 unspecified atom stereocenters. The molecule has 98 heavy (non-hydrogen) atoms. The molecule has 2 aliphatic carbocycles. The molecule has 0 radical (unpaired) electrons. The minimum Gasteiger partial charge on any atom is -0.366 e. The zero-order valence-corrected chi connectivity index (χ0v) is 67.0. The monoisotopic (exact) mass is 2070 g/mol. The van der Waals surface area contributed by atoms with Crippen LogP contribution in [-0.4, -0.2) is 24.6 Å². The molecule has 0 saturated heterocycles. The molecule has 0 aromatic heterocycles. The van der Waals surface area contributed by atoms with Crippen molar-refractivity contribution in [2.75, 3.05) is 24.6 Å². The molecule has 0 fully saturated rings. The second-order valence-electron chi connectivity index (χ2n) is 23.6. The molecule has 0 aliphatic heterocycles. The summed E-state index contributed by atoms with van der Waals surface area (Å²) in [5.74, 6) is 9.65. The van der Waals surface area contributed by atoms with Gasteiger partial charge in [0.2, 0.25) is 0 Å². The van der Waals surface area contributed by atoms with Crippen LogP contribution in [-0.2, 0) is 102 Å². The Kier molecular flexibility index (Phi) is 33.8. The van der Waals surface area contributed by atoms with E-state index in [2.05, 4.69) is 291 Å². The van der Waals surface area contributed by atoms with Gasteiger partial charge < -0.3 is 25.7 Å². The summed E-state index contributed by atoms with van der Waals surface area (Å²) >= 11 is 0. The Bertz CT molecular complexity index is 3800. The molecule has 8 heteroatoms. The fourth-order valence-electron chi connectivity index (χ4n) is 12.8. The van der Waals surface area contributed by atoms with Crippen molar-refractivity contribution in [1.82, 2.24) is 0 Å². The van der Waals surface area contributed by atoms with Gasteiger partial charge in [0.15, 0.2) is 0 Å². The summed E-state index contributed by atoms with van der Waals surface area (Å²) in [7, 11) is -2.86. The average molecular weight is 2070 g/mol. The van der Waals surface area contributed by atoms with Crippen molar-refractivity contribution in [2.24, 2.45) is 0 Å². The van der Waals surface area contributed by atoms with Crippen molar-refractivity contribution in [3.8, 4) is 45.9 Å². The zero-order valence-electron chi connectivity index (χ0n) is 54.3. The van der Waals surface area contributed by atoms with E-state index in [1.54, 1.807) is 0 Å². The first-order valence-electron chi connectivity index (χ1n) is 32.6. The number of rotatable bonds is 18. The molecule has 14 rings (SSSR count). The van der Waals surface area contributed by atoms with Crippen molar-refractivity contribution < 1.29 is 89.5 Å². The maximum Gasteiger partial charge on any atom is 1.00 e. The Hall–Kier alpha value is -6.44. The van der Waals surface area contributed by atoms with Crippen molar-refractivity contribution in [3.05, 3.63) is 386 Å². The van der Waals surface area contributed by atoms with Crippen molar-refractivity contribution in [3.63, 3.8) is 0 Å². The van der Waals surface area contributed by atoms with E-state index >= 15 is 0 Å². The molecule has 12 aromatic rings. The van der Waals surface area contributed by atoms with Crippen molar-refractivity contribution in [1.29, 1.82) is 0 Å². The van der Waals surface area contributed by atoms with Crippen LogP contribution in [0.15, 0.2) is 315 Å². The first-order chi connectivity index (χ1) is 46.5. The second kappa shape index (κ2) is 42.0. The number of benzene rings is 12. The maximum atomic E-state index is 7.18.